The van der Waals surface area contributed by atoms with E-state index in [2.05, 4.69) is 55.3 Å². The standard InChI is InChI=1S/C31H36N8O5S2/c1-7-45(40,41)17-15-34-30-26(20-32)23(5)29(31(35-30)33-14-9-16-44-6)39-38-28-19-21(3)27(18-22(28)4)37-36-24-10-12-25(13-11-24)46(42,43)8-2/h7-8,10-13,18-19H,1-2,9,14-17H2,3-6H3,(H2,33,34,35). The number of methoxy groups -OCH3 is 1. The molecule has 0 unspecified atom stereocenters. The average molecular weight is 665 g/mol. The van der Waals surface area contributed by atoms with E-state index in [1.807, 2.05) is 26.0 Å². The topological polar surface area (TPSA) is 188 Å². The average Bonchev–Trinajstić information content (AvgIpc) is 3.03. The van der Waals surface area contributed by atoms with Gasteiger partial charge in [0.1, 0.15) is 17.6 Å². The van der Waals surface area contributed by atoms with Crippen molar-refractivity contribution in [1.82, 2.24) is 4.98 Å². The number of benzene rings is 2. The highest BCUT2D eigenvalue weighted by molar-refractivity contribution is 7.94. The van der Waals surface area contributed by atoms with Crippen molar-refractivity contribution in [3.8, 4) is 6.07 Å². The van der Waals surface area contributed by atoms with E-state index in [0.717, 1.165) is 21.9 Å². The number of anilines is 2. The number of nitriles is 1. The monoisotopic (exact) mass is 664 g/mol. The minimum absolute atomic E-state index is 0.0319. The van der Waals surface area contributed by atoms with Crippen LogP contribution in [0.2, 0.25) is 0 Å². The summed E-state index contributed by atoms with van der Waals surface area (Å²) in [5.41, 5.74) is 4.26. The van der Waals surface area contributed by atoms with E-state index in [0.29, 0.717) is 53.7 Å². The summed E-state index contributed by atoms with van der Waals surface area (Å²) in [5.74, 6) is 0.393. The lowest BCUT2D eigenvalue weighted by Crippen LogP contribution is -2.16. The van der Waals surface area contributed by atoms with Crippen LogP contribution < -0.4 is 10.6 Å². The van der Waals surface area contributed by atoms with Crippen molar-refractivity contribution in [3.05, 3.63) is 82.6 Å². The summed E-state index contributed by atoms with van der Waals surface area (Å²) >= 11 is 0. The number of aromatic nitrogens is 1. The highest BCUT2D eigenvalue weighted by Gasteiger charge is 2.18. The third-order valence-electron chi connectivity index (χ3n) is 6.71. The molecule has 0 amide bonds. The lowest BCUT2D eigenvalue weighted by molar-refractivity contribution is 0.198. The first kappa shape index (κ1) is 35.7. The number of nitrogens with zero attached hydrogens (tertiary/aromatic N) is 6. The van der Waals surface area contributed by atoms with E-state index in [-0.39, 0.29) is 28.6 Å². The number of hydrogen-bond acceptors (Lipinski definition) is 13. The molecule has 1 heterocycles. The highest BCUT2D eigenvalue weighted by Crippen LogP contribution is 2.36. The maximum Gasteiger partial charge on any atom is 0.199 e. The predicted octanol–water partition coefficient (Wildman–Crippen LogP) is 7.05. The first-order chi connectivity index (χ1) is 21.9. The van der Waals surface area contributed by atoms with Gasteiger partial charge >= 0.3 is 0 Å². The molecular formula is C31H36N8O5S2. The Morgan fingerprint density at radius 1 is 0.891 bits per heavy atom. The molecule has 13 nitrogen and oxygen atoms in total. The summed E-state index contributed by atoms with van der Waals surface area (Å²) in [6.45, 7) is 13.1. The van der Waals surface area contributed by atoms with Gasteiger partial charge in [0.15, 0.2) is 25.5 Å². The van der Waals surface area contributed by atoms with Crippen molar-refractivity contribution >= 4 is 54.1 Å². The van der Waals surface area contributed by atoms with Crippen LogP contribution in [0.25, 0.3) is 0 Å². The van der Waals surface area contributed by atoms with Crippen molar-refractivity contribution in [2.75, 3.05) is 43.2 Å². The first-order valence-electron chi connectivity index (χ1n) is 14.0. The van der Waals surface area contributed by atoms with Gasteiger partial charge in [-0.25, -0.2) is 21.8 Å². The molecule has 3 rings (SSSR count). The number of hydrogen-bond donors (Lipinski definition) is 2. The summed E-state index contributed by atoms with van der Waals surface area (Å²) in [4.78, 5) is 4.68. The Morgan fingerprint density at radius 3 is 2.07 bits per heavy atom. The van der Waals surface area contributed by atoms with Gasteiger partial charge in [-0.05, 0) is 74.7 Å². The van der Waals surface area contributed by atoms with Gasteiger partial charge in [0, 0.05) is 43.2 Å². The quantitative estimate of drug-likeness (QED) is 0.119. The molecule has 0 radical (unpaired) electrons. The van der Waals surface area contributed by atoms with Gasteiger partial charge in [-0.15, -0.1) is 5.11 Å². The van der Waals surface area contributed by atoms with Crippen LogP contribution in [0.3, 0.4) is 0 Å². The number of azo groups is 2. The summed E-state index contributed by atoms with van der Waals surface area (Å²) in [5, 5.41) is 35.4. The van der Waals surface area contributed by atoms with Gasteiger partial charge in [0.2, 0.25) is 0 Å². The Bertz CT molecular complexity index is 1920. The fourth-order valence-electron chi connectivity index (χ4n) is 4.04. The number of ether oxygens (including phenoxy) is 1. The van der Waals surface area contributed by atoms with Crippen LogP contribution in [0.5, 0.6) is 0 Å². The maximum absolute atomic E-state index is 11.9. The molecule has 1 aromatic heterocycles. The second-order valence-electron chi connectivity index (χ2n) is 10.0. The molecule has 0 atom stereocenters. The van der Waals surface area contributed by atoms with Gasteiger partial charge in [-0.2, -0.15) is 20.6 Å². The van der Waals surface area contributed by atoms with Crippen LogP contribution in [0, 0.1) is 32.1 Å². The Labute approximate surface area is 269 Å². The third-order valence-corrected chi connectivity index (χ3v) is 9.36. The molecule has 0 aliphatic carbocycles. The van der Waals surface area contributed by atoms with Gasteiger partial charge in [-0.3, -0.25) is 0 Å². The lowest BCUT2D eigenvalue weighted by atomic mass is 10.1. The zero-order valence-electron chi connectivity index (χ0n) is 26.1. The zero-order chi connectivity index (χ0) is 33.9. The first-order valence-corrected chi connectivity index (χ1v) is 17.3. The molecule has 242 valence electrons. The summed E-state index contributed by atoms with van der Waals surface area (Å²) < 4.78 is 52.7. The fourth-order valence-corrected chi connectivity index (χ4v) is 5.30. The molecule has 46 heavy (non-hydrogen) atoms. The zero-order valence-corrected chi connectivity index (χ0v) is 27.7. The van der Waals surface area contributed by atoms with E-state index in [1.54, 1.807) is 26.2 Å². The maximum atomic E-state index is 11.9. The minimum atomic E-state index is -3.54. The van der Waals surface area contributed by atoms with Crippen molar-refractivity contribution in [1.29, 1.82) is 5.26 Å². The number of pyridine rings is 1. The molecule has 0 spiro atoms. The summed E-state index contributed by atoms with van der Waals surface area (Å²) in [6.07, 6.45) is 0.681. The fraction of sp³-hybridized carbons (Fsp3) is 0.290. The van der Waals surface area contributed by atoms with Crippen LogP contribution in [-0.2, 0) is 24.4 Å². The van der Waals surface area contributed by atoms with Crippen LogP contribution in [0.15, 0.2) is 85.7 Å². The van der Waals surface area contributed by atoms with Crippen molar-refractivity contribution in [3.63, 3.8) is 0 Å². The predicted molar refractivity (Wildman–Crippen MR) is 179 cm³/mol. The molecule has 2 aromatic carbocycles. The lowest BCUT2D eigenvalue weighted by Gasteiger charge is -2.15. The van der Waals surface area contributed by atoms with Crippen LogP contribution >= 0.6 is 0 Å². The number of aryl methyl sites for hydroxylation is 2. The van der Waals surface area contributed by atoms with E-state index in [1.165, 1.54) is 12.1 Å². The largest absolute Gasteiger partial charge is 0.385 e. The second kappa shape index (κ2) is 16.0. The van der Waals surface area contributed by atoms with E-state index in [4.69, 9.17) is 4.74 Å². The smallest absolute Gasteiger partial charge is 0.199 e. The number of rotatable bonds is 16. The third kappa shape index (κ3) is 9.36. The molecule has 15 heteroatoms. The van der Waals surface area contributed by atoms with Crippen molar-refractivity contribution in [2.45, 2.75) is 32.1 Å². The Kier molecular flexibility index (Phi) is 12.4. The van der Waals surface area contributed by atoms with Crippen LogP contribution in [0.4, 0.5) is 34.4 Å². The highest BCUT2D eigenvalue weighted by atomic mass is 32.2. The minimum Gasteiger partial charge on any atom is -0.385 e. The normalized spacial score (nSPS) is 11.9. The SMILES string of the molecule is C=CS(=O)(=O)CCNc1nc(NCCCOC)c(N=Nc2cc(C)c(N=Nc3ccc(S(=O)(=O)C=C)cc3)cc2C)c(C)c1C#N. The molecule has 0 aliphatic rings. The molecule has 0 aliphatic heterocycles. The van der Waals surface area contributed by atoms with Crippen molar-refractivity contribution < 1.29 is 21.6 Å². The van der Waals surface area contributed by atoms with E-state index in [9.17, 15) is 22.1 Å². The summed E-state index contributed by atoms with van der Waals surface area (Å²) in [6, 6.07) is 11.8. The molecule has 0 saturated heterocycles. The van der Waals surface area contributed by atoms with Crippen molar-refractivity contribution in [2.24, 2.45) is 20.5 Å². The van der Waals surface area contributed by atoms with E-state index >= 15 is 0 Å². The Balaban J connectivity index is 1.92. The van der Waals surface area contributed by atoms with Gasteiger partial charge in [0.25, 0.3) is 0 Å². The number of nitrogens with one attached hydrogen (secondary N) is 2. The Hall–Kier alpha value is -4.78. The summed E-state index contributed by atoms with van der Waals surface area (Å²) in [7, 11) is -5.37. The Morgan fingerprint density at radius 2 is 1.50 bits per heavy atom. The van der Waals surface area contributed by atoms with Crippen LogP contribution in [-0.4, -0.2) is 54.4 Å². The molecular weight excluding hydrogens is 629 g/mol. The molecule has 0 fully saturated rings. The van der Waals surface area contributed by atoms with Crippen LogP contribution in [0.1, 0.15) is 28.7 Å². The van der Waals surface area contributed by atoms with E-state index < -0.39 is 19.7 Å². The van der Waals surface area contributed by atoms with Gasteiger partial charge < -0.3 is 15.4 Å². The van der Waals surface area contributed by atoms with Gasteiger partial charge in [-0.1, -0.05) is 13.2 Å². The van der Waals surface area contributed by atoms with Gasteiger partial charge in [0.05, 0.1) is 33.3 Å². The molecule has 0 bridgehead atoms. The molecule has 3 aromatic rings. The number of sulfone groups is 2. The second-order valence-corrected chi connectivity index (χ2v) is 14.0. The molecule has 0 saturated carbocycles. The molecule has 2 N–H and O–H groups in total.